The number of aromatic nitrogens is 1. The summed E-state index contributed by atoms with van der Waals surface area (Å²) in [6, 6.07) is 8.21. The van der Waals surface area contributed by atoms with Crippen molar-refractivity contribution in [1.82, 2.24) is 15.6 Å². The second-order valence-corrected chi connectivity index (χ2v) is 6.38. The summed E-state index contributed by atoms with van der Waals surface area (Å²) in [7, 11) is 0. The lowest BCUT2D eigenvalue weighted by Gasteiger charge is -2.06. The van der Waals surface area contributed by atoms with Crippen LogP contribution in [0, 0.1) is 6.92 Å². The molecule has 6 heteroatoms. The molecule has 0 radical (unpaired) electrons. The van der Waals surface area contributed by atoms with Gasteiger partial charge in [0.25, 0.3) is 0 Å². The maximum absolute atomic E-state index is 11.7. The van der Waals surface area contributed by atoms with E-state index in [1.165, 1.54) is 10.3 Å². The van der Waals surface area contributed by atoms with Gasteiger partial charge in [-0.05, 0) is 19.9 Å². The Morgan fingerprint density at radius 2 is 1.83 bits per heavy atom. The first kappa shape index (κ1) is 17.4. The molecule has 1 aromatic heterocycles. The second-order valence-electron chi connectivity index (χ2n) is 5.28. The van der Waals surface area contributed by atoms with Gasteiger partial charge in [0.1, 0.15) is 0 Å². The number of amides is 2. The number of H-pyrrole nitrogens is 1. The Hall–Kier alpha value is -1.95. The fraction of sp³-hybridized carbons (Fsp3) is 0.412. The zero-order valence-corrected chi connectivity index (χ0v) is 14.4. The molecule has 0 bridgehead atoms. The van der Waals surface area contributed by atoms with Crippen molar-refractivity contribution in [2.45, 2.75) is 31.6 Å². The summed E-state index contributed by atoms with van der Waals surface area (Å²) in [5.74, 6) is 0.647. The molecule has 124 valence electrons. The Balaban J connectivity index is 1.73. The van der Waals surface area contributed by atoms with Gasteiger partial charge >= 0.3 is 0 Å². The third-order valence-electron chi connectivity index (χ3n) is 3.46. The normalized spacial score (nSPS) is 10.7. The van der Waals surface area contributed by atoms with Crippen LogP contribution in [0.4, 0.5) is 0 Å². The summed E-state index contributed by atoms with van der Waals surface area (Å²) in [5.41, 5.74) is 2.29. The first-order valence-corrected chi connectivity index (χ1v) is 8.84. The van der Waals surface area contributed by atoms with Crippen molar-refractivity contribution in [3.8, 4) is 0 Å². The van der Waals surface area contributed by atoms with E-state index in [4.69, 9.17) is 0 Å². The number of para-hydroxylation sites is 1. The van der Waals surface area contributed by atoms with Crippen LogP contribution in [0.3, 0.4) is 0 Å². The van der Waals surface area contributed by atoms with Gasteiger partial charge in [-0.25, -0.2) is 0 Å². The molecule has 3 N–H and O–H groups in total. The van der Waals surface area contributed by atoms with E-state index >= 15 is 0 Å². The van der Waals surface area contributed by atoms with Crippen LogP contribution in [0.5, 0.6) is 0 Å². The van der Waals surface area contributed by atoms with E-state index in [1.54, 1.807) is 11.8 Å². The number of carbonyl (C=O) groups is 2. The molecule has 0 aliphatic carbocycles. The van der Waals surface area contributed by atoms with Gasteiger partial charge in [-0.3, -0.25) is 9.59 Å². The van der Waals surface area contributed by atoms with Gasteiger partial charge in [-0.15, -0.1) is 11.8 Å². The third kappa shape index (κ3) is 5.03. The van der Waals surface area contributed by atoms with E-state index in [1.807, 2.05) is 19.1 Å². The molecule has 0 atom stereocenters. The average molecular weight is 333 g/mol. The van der Waals surface area contributed by atoms with Crippen LogP contribution in [0.25, 0.3) is 10.9 Å². The Morgan fingerprint density at radius 3 is 2.57 bits per heavy atom. The third-order valence-corrected chi connectivity index (χ3v) is 4.68. The fourth-order valence-electron chi connectivity index (χ4n) is 2.38. The number of carbonyl (C=O) groups excluding carboxylic acids is 2. The van der Waals surface area contributed by atoms with Crippen molar-refractivity contribution in [2.75, 3.05) is 18.8 Å². The monoisotopic (exact) mass is 333 g/mol. The minimum Gasteiger partial charge on any atom is -0.358 e. The van der Waals surface area contributed by atoms with Crippen LogP contribution in [0.1, 0.15) is 25.5 Å². The van der Waals surface area contributed by atoms with Gasteiger partial charge in [0.05, 0.1) is 0 Å². The van der Waals surface area contributed by atoms with E-state index in [0.717, 1.165) is 17.0 Å². The number of hydrogen-bond acceptors (Lipinski definition) is 3. The largest absolute Gasteiger partial charge is 0.358 e. The summed E-state index contributed by atoms with van der Waals surface area (Å²) in [4.78, 5) is 27.6. The van der Waals surface area contributed by atoms with Gasteiger partial charge in [0.15, 0.2) is 0 Å². The van der Waals surface area contributed by atoms with Gasteiger partial charge in [-0.2, -0.15) is 0 Å². The van der Waals surface area contributed by atoms with Crippen molar-refractivity contribution in [2.24, 2.45) is 0 Å². The number of rotatable bonds is 8. The molecule has 0 aliphatic heterocycles. The molecule has 5 nitrogen and oxygen atoms in total. The van der Waals surface area contributed by atoms with E-state index in [0.29, 0.717) is 13.1 Å². The Bertz CT molecular complexity index is 682. The SMILES string of the molecule is CCNC(=O)CCC(=O)NCCSc1c(C)[nH]c2ccccc12. The van der Waals surface area contributed by atoms with E-state index in [9.17, 15) is 9.59 Å². The Labute approximate surface area is 140 Å². The summed E-state index contributed by atoms with van der Waals surface area (Å²) < 4.78 is 0. The first-order valence-electron chi connectivity index (χ1n) is 7.85. The van der Waals surface area contributed by atoms with E-state index < -0.39 is 0 Å². The highest BCUT2D eigenvalue weighted by atomic mass is 32.2. The average Bonchev–Trinajstić information content (AvgIpc) is 2.85. The van der Waals surface area contributed by atoms with Crippen LogP contribution in [0.2, 0.25) is 0 Å². The second kappa shape index (κ2) is 8.62. The van der Waals surface area contributed by atoms with Crippen LogP contribution < -0.4 is 10.6 Å². The smallest absolute Gasteiger partial charge is 0.220 e. The number of hydrogen-bond donors (Lipinski definition) is 3. The summed E-state index contributed by atoms with van der Waals surface area (Å²) >= 11 is 1.73. The number of nitrogens with one attached hydrogen (secondary N) is 3. The summed E-state index contributed by atoms with van der Waals surface area (Å²) in [5, 5.41) is 6.76. The molecule has 1 aromatic carbocycles. The Morgan fingerprint density at radius 1 is 1.13 bits per heavy atom. The quantitative estimate of drug-likeness (QED) is 0.513. The van der Waals surface area contributed by atoms with Crippen molar-refractivity contribution >= 4 is 34.5 Å². The zero-order valence-electron chi connectivity index (χ0n) is 13.6. The number of aryl methyl sites for hydroxylation is 1. The van der Waals surface area contributed by atoms with Crippen LogP contribution >= 0.6 is 11.8 Å². The molecule has 0 unspecified atom stereocenters. The summed E-state index contributed by atoms with van der Waals surface area (Å²) in [6.45, 7) is 5.12. The molecule has 0 saturated carbocycles. The lowest BCUT2D eigenvalue weighted by Crippen LogP contribution is -2.28. The van der Waals surface area contributed by atoms with Crippen molar-refractivity contribution in [3.05, 3.63) is 30.0 Å². The van der Waals surface area contributed by atoms with Gasteiger partial charge in [0.2, 0.25) is 11.8 Å². The lowest BCUT2D eigenvalue weighted by molar-refractivity contribution is -0.126. The topological polar surface area (TPSA) is 74.0 Å². The van der Waals surface area contributed by atoms with Crippen LogP contribution in [0.15, 0.2) is 29.2 Å². The molecule has 0 fully saturated rings. The maximum atomic E-state index is 11.7. The molecule has 2 aromatic rings. The molecule has 2 rings (SSSR count). The number of fused-ring (bicyclic) bond motifs is 1. The van der Waals surface area contributed by atoms with Crippen LogP contribution in [-0.4, -0.2) is 35.6 Å². The molecular weight excluding hydrogens is 310 g/mol. The van der Waals surface area contributed by atoms with Crippen LogP contribution in [-0.2, 0) is 9.59 Å². The molecule has 0 aliphatic rings. The minimum atomic E-state index is -0.0774. The van der Waals surface area contributed by atoms with Gasteiger partial charge in [-0.1, -0.05) is 18.2 Å². The highest BCUT2D eigenvalue weighted by Crippen LogP contribution is 2.30. The minimum absolute atomic E-state index is 0.0764. The number of thioether (sulfide) groups is 1. The summed E-state index contributed by atoms with van der Waals surface area (Å²) in [6.07, 6.45) is 0.483. The number of benzene rings is 1. The van der Waals surface area contributed by atoms with Crippen molar-refractivity contribution < 1.29 is 9.59 Å². The zero-order chi connectivity index (χ0) is 16.7. The number of aromatic amines is 1. The standard InChI is InChI=1S/C17H23N3O2S/c1-3-18-15(21)8-9-16(22)19-10-11-23-17-12(2)20-14-7-5-4-6-13(14)17/h4-7,20H,3,8-11H2,1-2H3,(H,18,21)(H,19,22). The van der Waals surface area contributed by atoms with Crippen molar-refractivity contribution in [3.63, 3.8) is 0 Å². The van der Waals surface area contributed by atoms with E-state index in [-0.39, 0.29) is 24.7 Å². The molecule has 23 heavy (non-hydrogen) atoms. The Kier molecular flexibility index (Phi) is 6.52. The highest BCUT2D eigenvalue weighted by molar-refractivity contribution is 7.99. The van der Waals surface area contributed by atoms with E-state index in [2.05, 4.69) is 34.7 Å². The molecule has 1 heterocycles. The van der Waals surface area contributed by atoms with Crippen molar-refractivity contribution in [1.29, 1.82) is 0 Å². The molecular formula is C17H23N3O2S. The molecule has 0 spiro atoms. The highest BCUT2D eigenvalue weighted by Gasteiger charge is 2.09. The maximum Gasteiger partial charge on any atom is 0.220 e. The lowest BCUT2D eigenvalue weighted by atomic mass is 10.2. The first-order chi connectivity index (χ1) is 11.1. The predicted molar refractivity (Wildman–Crippen MR) is 94.7 cm³/mol. The molecule has 2 amide bonds. The predicted octanol–water partition coefficient (Wildman–Crippen LogP) is 2.60. The molecule has 0 saturated heterocycles. The van der Waals surface area contributed by atoms with Gasteiger partial charge < -0.3 is 15.6 Å². The van der Waals surface area contributed by atoms with Gasteiger partial charge in [0, 0.05) is 53.2 Å². The fourth-order valence-corrected chi connectivity index (χ4v) is 3.39.